The van der Waals surface area contributed by atoms with Crippen molar-refractivity contribution < 1.29 is 14.3 Å². The fraction of sp³-hybridized carbons (Fsp3) is 0.467. The van der Waals surface area contributed by atoms with Crippen molar-refractivity contribution in [1.82, 2.24) is 14.9 Å². The van der Waals surface area contributed by atoms with E-state index in [1.54, 1.807) is 13.2 Å². The third-order valence-corrected chi connectivity index (χ3v) is 3.93. The summed E-state index contributed by atoms with van der Waals surface area (Å²) in [4.78, 5) is 15.8. The van der Waals surface area contributed by atoms with Crippen LogP contribution in [0.15, 0.2) is 18.2 Å². The lowest BCUT2D eigenvalue weighted by molar-refractivity contribution is 0.187. The molecular formula is C15H20N4O3. The van der Waals surface area contributed by atoms with E-state index in [2.05, 4.69) is 9.88 Å². The number of para-hydroxylation sites is 1. The van der Waals surface area contributed by atoms with Crippen molar-refractivity contribution in [2.24, 2.45) is 5.73 Å². The SMILES string of the molecule is COCCn1c(C2CCNC2)nc2c(OC(N)=O)cccc21. The first-order chi connectivity index (χ1) is 10.7. The normalized spacial score (nSPS) is 18.0. The molecule has 7 nitrogen and oxygen atoms in total. The number of primary amides is 1. The van der Waals surface area contributed by atoms with Crippen LogP contribution in [-0.4, -0.2) is 42.5 Å². The van der Waals surface area contributed by atoms with Gasteiger partial charge in [0.25, 0.3) is 0 Å². The summed E-state index contributed by atoms with van der Waals surface area (Å²) < 4.78 is 12.4. The zero-order chi connectivity index (χ0) is 15.5. The van der Waals surface area contributed by atoms with Crippen LogP contribution in [0.1, 0.15) is 18.2 Å². The van der Waals surface area contributed by atoms with Crippen LogP contribution in [0.2, 0.25) is 0 Å². The molecule has 2 aromatic rings. The standard InChI is InChI=1S/C15H20N4O3/c1-21-8-7-19-11-3-2-4-12(22-15(16)20)13(11)18-14(19)10-5-6-17-9-10/h2-4,10,17H,5-9H2,1H3,(H2,16,20). The number of fused-ring (bicyclic) bond motifs is 1. The number of nitrogens with zero attached hydrogens (tertiary/aromatic N) is 2. The predicted octanol–water partition coefficient (Wildman–Crippen LogP) is 1.22. The molecule has 1 atom stereocenters. The van der Waals surface area contributed by atoms with Gasteiger partial charge in [-0.3, -0.25) is 0 Å². The van der Waals surface area contributed by atoms with Gasteiger partial charge in [0.2, 0.25) is 0 Å². The van der Waals surface area contributed by atoms with E-state index in [9.17, 15) is 4.79 Å². The van der Waals surface area contributed by atoms with Crippen molar-refractivity contribution in [3.05, 3.63) is 24.0 Å². The Hall–Kier alpha value is -2.12. The quantitative estimate of drug-likeness (QED) is 0.866. The summed E-state index contributed by atoms with van der Waals surface area (Å²) in [6.45, 7) is 3.20. The van der Waals surface area contributed by atoms with Crippen molar-refractivity contribution in [2.75, 3.05) is 26.8 Å². The Morgan fingerprint density at radius 1 is 1.55 bits per heavy atom. The van der Waals surface area contributed by atoms with Gasteiger partial charge in [-0.2, -0.15) is 0 Å². The summed E-state index contributed by atoms with van der Waals surface area (Å²) >= 11 is 0. The number of hydrogen-bond donors (Lipinski definition) is 2. The first-order valence-corrected chi connectivity index (χ1v) is 7.36. The molecule has 1 saturated heterocycles. The molecule has 7 heteroatoms. The highest BCUT2D eigenvalue weighted by atomic mass is 16.5. The molecule has 1 amide bonds. The molecule has 0 spiro atoms. The van der Waals surface area contributed by atoms with Gasteiger partial charge in [0.15, 0.2) is 5.75 Å². The van der Waals surface area contributed by atoms with Crippen molar-refractivity contribution in [3.8, 4) is 5.75 Å². The van der Waals surface area contributed by atoms with Gasteiger partial charge in [-0.15, -0.1) is 0 Å². The first-order valence-electron chi connectivity index (χ1n) is 7.36. The van der Waals surface area contributed by atoms with E-state index in [4.69, 9.17) is 20.2 Å². The number of nitrogens with two attached hydrogens (primary N) is 1. The largest absolute Gasteiger partial charge is 0.410 e. The molecule has 1 unspecified atom stereocenters. The summed E-state index contributed by atoms with van der Waals surface area (Å²) in [5.74, 6) is 1.75. The second-order valence-corrected chi connectivity index (χ2v) is 5.35. The number of ether oxygens (including phenoxy) is 2. The second-order valence-electron chi connectivity index (χ2n) is 5.35. The molecule has 0 aliphatic carbocycles. The molecule has 0 bridgehead atoms. The maximum Gasteiger partial charge on any atom is 0.410 e. The predicted molar refractivity (Wildman–Crippen MR) is 82.0 cm³/mol. The van der Waals surface area contributed by atoms with Gasteiger partial charge in [-0.05, 0) is 25.1 Å². The number of carbonyl (C=O) groups excluding carboxylic acids is 1. The molecule has 0 radical (unpaired) electrons. The first kappa shape index (κ1) is 14.8. The lowest BCUT2D eigenvalue weighted by Crippen LogP contribution is -2.16. The topological polar surface area (TPSA) is 91.4 Å². The molecule has 1 fully saturated rings. The van der Waals surface area contributed by atoms with E-state index in [0.29, 0.717) is 30.3 Å². The highest BCUT2D eigenvalue weighted by Crippen LogP contribution is 2.31. The van der Waals surface area contributed by atoms with Gasteiger partial charge < -0.3 is 25.1 Å². The van der Waals surface area contributed by atoms with E-state index in [1.807, 2.05) is 12.1 Å². The molecule has 22 heavy (non-hydrogen) atoms. The summed E-state index contributed by atoms with van der Waals surface area (Å²) in [6.07, 6.45) is 0.213. The average molecular weight is 304 g/mol. The summed E-state index contributed by atoms with van der Waals surface area (Å²) in [6, 6.07) is 5.51. The van der Waals surface area contributed by atoms with Gasteiger partial charge in [-0.1, -0.05) is 6.07 Å². The maximum absolute atomic E-state index is 11.1. The van der Waals surface area contributed by atoms with Crippen molar-refractivity contribution in [3.63, 3.8) is 0 Å². The van der Waals surface area contributed by atoms with Crippen molar-refractivity contribution in [1.29, 1.82) is 0 Å². The highest BCUT2D eigenvalue weighted by Gasteiger charge is 2.24. The summed E-state index contributed by atoms with van der Waals surface area (Å²) in [7, 11) is 1.68. The smallest absolute Gasteiger partial charge is 0.408 e. The Kier molecular flexibility index (Phi) is 4.26. The zero-order valence-corrected chi connectivity index (χ0v) is 12.5. The van der Waals surface area contributed by atoms with Gasteiger partial charge in [0.05, 0.1) is 12.1 Å². The number of aromatic nitrogens is 2. The minimum atomic E-state index is -0.831. The van der Waals surface area contributed by atoms with Crippen LogP contribution in [0, 0.1) is 0 Å². The number of carbonyl (C=O) groups is 1. The van der Waals surface area contributed by atoms with Gasteiger partial charge in [-0.25, -0.2) is 9.78 Å². The number of hydrogen-bond acceptors (Lipinski definition) is 5. The Morgan fingerprint density at radius 2 is 2.41 bits per heavy atom. The lowest BCUT2D eigenvalue weighted by atomic mass is 10.1. The molecule has 118 valence electrons. The fourth-order valence-electron chi connectivity index (χ4n) is 2.93. The number of nitrogens with one attached hydrogen (secondary N) is 1. The maximum atomic E-state index is 11.1. The Balaban J connectivity index is 2.09. The highest BCUT2D eigenvalue weighted by molar-refractivity contribution is 5.85. The monoisotopic (exact) mass is 304 g/mol. The molecule has 0 saturated carbocycles. The van der Waals surface area contributed by atoms with Crippen LogP contribution in [0.4, 0.5) is 4.79 Å². The zero-order valence-electron chi connectivity index (χ0n) is 12.5. The number of benzene rings is 1. The van der Waals surface area contributed by atoms with E-state index >= 15 is 0 Å². The molecule has 3 rings (SSSR count). The van der Waals surface area contributed by atoms with Crippen LogP contribution < -0.4 is 15.8 Å². The number of amides is 1. The summed E-state index contributed by atoms with van der Waals surface area (Å²) in [5, 5.41) is 3.36. The molecular weight excluding hydrogens is 284 g/mol. The van der Waals surface area contributed by atoms with Crippen LogP contribution in [0.5, 0.6) is 5.75 Å². The minimum absolute atomic E-state index is 0.352. The van der Waals surface area contributed by atoms with Crippen molar-refractivity contribution >= 4 is 17.1 Å². The van der Waals surface area contributed by atoms with Gasteiger partial charge in [0.1, 0.15) is 11.3 Å². The number of rotatable bonds is 5. The van der Waals surface area contributed by atoms with Crippen LogP contribution in [0.25, 0.3) is 11.0 Å². The molecule has 3 N–H and O–H groups in total. The fourth-order valence-corrected chi connectivity index (χ4v) is 2.93. The van der Waals surface area contributed by atoms with E-state index in [0.717, 1.165) is 30.9 Å². The average Bonchev–Trinajstić information content (AvgIpc) is 3.12. The number of methoxy groups -OCH3 is 1. The Bertz CT molecular complexity index is 677. The minimum Gasteiger partial charge on any atom is -0.408 e. The van der Waals surface area contributed by atoms with Crippen molar-refractivity contribution in [2.45, 2.75) is 18.9 Å². The van der Waals surface area contributed by atoms with Crippen LogP contribution in [0.3, 0.4) is 0 Å². The number of imidazole rings is 1. The van der Waals surface area contributed by atoms with Gasteiger partial charge in [0, 0.05) is 26.1 Å². The third-order valence-electron chi connectivity index (χ3n) is 3.93. The third kappa shape index (κ3) is 2.77. The van der Waals surface area contributed by atoms with E-state index in [1.165, 1.54) is 0 Å². The molecule has 1 aromatic heterocycles. The van der Waals surface area contributed by atoms with Crippen LogP contribution >= 0.6 is 0 Å². The molecule has 1 aliphatic heterocycles. The van der Waals surface area contributed by atoms with E-state index < -0.39 is 6.09 Å². The Morgan fingerprint density at radius 3 is 3.09 bits per heavy atom. The summed E-state index contributed by atoms with van der Waals surface area (Å²) in [5.41, 5.74) is 6.73. The van der Waals surface area contributed by atoms with Gasteiger partial charge >= 0.3 is 6.09 Å². The molecule has 1 aliphatic rings. The van der Waals surface area contributed by atoms with E-state index in [-0.39, 0.29) is 0 Å². The lowest BCUT2D eigenvalue weighted by Gasteiger charge is -2.12. The molecule has 2 heterocycles. The molecule has 1 aromatic carbocycles. The van der Waals surface area contributed by atoms with Crippen LogP contribution in [-0.2, 0) is 11.3 Å². The Labute approximate surface area is 128 Å². The second kappa shape index (κ2) is 6.33.